The number of aliphatic hydroxyl groups excluding tert-OH is 1. The van der Waals surface area contributed by atoms with Crippen molar-refractivity contribution in [2.24, 2.45) is 0 Å². The summed E-state index contributed by atoms with van der Waals surface area (Å²) in [6, 6.07) is 2.86. The molecule has 0 fully saturated rings. The van der Waals surface area contributed by atoms with Gasteiger partial charge in [0, 0.05) is 17.4 Å². The molecule has 2 aromatic rings. The lowest BCUT2D eigenvalue weighted by molar-refractivity contribution is -0.116. The van der Waals surface area contributed by atoms with Gasteiger partial charge in [0.05, 0.1) is 18.7 Å². The molecule has 1 aromatic heterocycles. The number of anilines is 1. The molecule has 0 aliphatic carbocycles. The van der Waals surface area contributed by atoms with Crippen LogP contribution in [0.15, 0.2) is 18.2 Å². The number of terminal acetylenes is 1. The highest BCUT2D eigenvalue weighted by Crippen LogP contribution is 2.24. The van der Waals surface area contributed by atoms with Crippen LogP contribution in [0.1, 0.15) is 32.1 Å². The summed E-state index contributed by atoms with van der Waals surface area (Å²) in [5.41, 5.74) is 0.513. The van der Waals surface area contributed by atoms with Gasteiger partial charge in [-0.25, -0.2) is 8.78 Å². The molecular weight excluding hydrogens is 408 g/mol. The van der Waals surface area contributed by atoms with Gasteiger partial charge in [-0.05, 0) is 31.5 Å². The fourth-order valence-electron chi connectivity index (χ4n) is 3.01. The highest BCUT2D eigenvalue weighted by atomic mass is 19.2. The van der Waals surface area contributed by atoms with Crippen LogP contribution in [0.3, 0.4) is 0 Å². The van der Waals surface area contributed by atoms with Gasteiger partial charge in [-0.15, -0.1) is 6.42 Å². The Labute approximate surface area is 177 Å². The molecule has 0 radical (unpaired) electrons. The van der Waals surface area contributed by atoms with Gasteiger partial charge >= 0.3 is 0 Å². The average molecular weight is 427 g/mol. The number of Topliss-reactive ketones (excluding diaryl/α,β-unsaturated/α-hetero) is 1. The fourth-order valence-corrected chi connectivity index (χ4v) is 3.01. The zero-order chi connectivity index (χ0) is 23.1. The second-order valence-corrected chi connectivity index (χ2v) is 6.33. The molecule has 1 aromatic carbocycles. The van der Waals surface area contributed by atoms with Crippen LogP contribution in [0.5, 0.6) is 0 Å². The zero-order valence-electron chi connectivity index (χ0n) is 16.8. The molecule has 0 unspecified atom stereocenters. The summed E-state index contributed by atoms with van der Waals surface area (Å²) in [6.45, 7) is 2.42. The predicted octanol–water partition coefficient (Wildman–Crippen LogP) is 1.56. The molecule has 0 bridgehead atoms. The third-order valence-electron chi connectivity index (χ3n) is 4.38. The number of benzene rings is 1. The Balaban J connectivity index is 2.40. The second kappa shape index (κ2) is 10.2. The number of ketones is 1. The number of nitrogens with zero attached hydrogens (tertiary/aromatic N) is 1. The number of rotatable bonds is 6. The maximum atomic E-state index is 13.5. The third kappa shape index (κ3) is 5.16. The number of nitrogens with one attached hydrogen (secondary N) is 2. The zero-order valence-corrected chi connectivity index (χ0v) is 16.8. The van der Waals surface area contributed by atoms with Gasteiger partial charge in [0.25, 0.3) is 17.6 Å². The smallest absolute Gasteiger partial charge is 0.293 e. The summed E-state index contributed by atoms with van der Waals surface area (Å²) in [5, 5.41) is 13.4. The Kier molecular flexibility index (Phi) is 7.67. The van der Waals surface area contributed by atoms with E-state index < -0.39 is 29.2 Å². The second-order valence-electron chi connectivity index (χ2n) is 6.33. The SMILES string of the molecule is C#CCn1c(C)c(C(=O)C(=O)NCC#CCO)c(C)c1C(=O)Nc1ccc(F)c(F)c1. The number of hydrogen-bond donors (Lipinski definition) is 3. The Morgan fingerprint density at radius 1 is 1.16 bits per heavy atom. The molecule has 0 spiro atoms. The molecule has 9 heteroatoms. The normalized spacial score (nSPS) is 9.94. The lowest BCUT2D eigenvalue weighted by Crippen LogP contribution is -2.32. The molecule has 2 rings (SSSR count). The van der Waals surface area contributed by atoms with Crippen LogP contribution in [0.4, 0.5) is 14.5 Å². The summed E-state index contributed by atoms with van der Waals surface area (Å²) in [7, 11) is 0. The quantitative estimate of drug-likeness (QED) is 0.370. The molecule has 0 aliphatic heterocycles. The van der Waals surface area contributed by atoms with E-state index in [0.717, 1.165) is 12.1 Å². The van der Waals surface area contributed by atoms with Crippen molar-refractivity contribution in [1.29, 1.82) is 0 Å². The number of amides is 2. The van der Waals surface area contributed by atoms with Crippen molar-refractivity contribution in [2.45, 2.75) is 20.4 Å². The van der Waals surface area contributed by atoms with Gasteiger partial charge in [-0.3, -0.25) is 14.4 Å². The van der Waals surface area contributed by atoms with Crippen molar-refractivity contribution in [1.82, 2.24) is 9.88 Å². The van der Waals surface area contributed by atoms with Gasteiger partial charge < -0.3 is 20.3 Å². The van der Waals surface area contributed by atoms with Crippen LogP contribution in [0.2, 0.25) is 0 Å². The van der Waals surface area contributed by atoms with E-state index in [2.05, 4.69) is 28.4 Å². The van der Waals surface area contributed by atoms with Crippen LogP contribution in [-0.4, -0.2) is 40.4 Å². The molecule has 3 N–H and O–H groups in total. The van der Waals surface area contributed by atoms with Crippen LogP contribution >= 0.6 is 0 Å². The summed E-state index contributed by atoms with van der Waals surface area (Å²) in [5.74, 6) is 2.42. The van der Waals surface area contributed by atoms with Crippen molar-refractivity contribution < 1.29 is 28.3 Å². The van der Waals surface area contributed by atoms with E-state index in [0.29, 0.717) is 5.69 Å². The molecule has 160 valence electrons. The lowest BCUT2D eigenvalue weighted by atomic mass is 10.0. The van der Waals surface area contributed by atoms with E-state index in [1.807, 2.05) is 0 Å². The van der Waals surface area contributed by atoms with Gasteiger partial charge in [0.15, 0.2) is 11.6 Å². The first kappa shape index (κ1) is 23.3. The first-order valence-electron chi connectivity index (χ1n) is 9.01. The number of carbonyl (C=O) groups is 3. The molecule has 0 atom stereocenters. The molecule has 0 saturated heterocycles. The molecule has 7 nitrogen and oxygen atoms in total. The molecule has 2 amide bonds. The number of carbonyl (C=O) groups excluding carboxylic acids is 3. The van der Waals surface area contributed by atoms with E-state index in [9.17, 15) is 23.2 Å². The predicted molar refractivity (Wildman–Crippen MR) is 109 cm³/mol. The maximum Gasteiger partial charge on any atom is 0.293 e. The summed E-state index contributed by atoms with van der Waals surface area (Å²) >= 11 is 0. The Hall–Kier alpha value is -3.95. The van der Waals surface area contributed by atoms with Gasteiger partial charge in [0.2, 0.25) is 0 Å². The van der Waals surface area contributed by atoms with E-state index >= 15 is 0 Å². The molecule has 31 heavy (non-hydrogen) atoms. The standard InChI is InChI=1S/C22H19F2N3O4/c1-4-10-27-14(3)18(20(29)22(31)25-9-5-6-11-28)13(2)19(27)21(30)26-15-7-8-16(23)17(24)12-15/h1,7-8,12,28H,9-11H2,2-3H3,(H,25,31)(H,26,30). The van der Waals surface area contributed by atoms with Crippen molar-refractivity contribution in [2.75, 3.05) is 18.5 Å². The number of aromatic nitrogens is 1. The monoisotopic (exact) mass is 427 g/mol. The topological polar surface area (TPSA) is 100 Å². The van der Waals surface area contributed by atoms with Crippen LogP contribution < -0.4 is 10.6 Å². The highest BCUT2D eigenvalue weighted by molar-refractivity contribution is 6.43. The molecule has 0 aliphatic rings. The van der Waals surface area contributed by atoms with E-state index in [-0.39, 0.29) is 42.2 Å². The highest BCUT2D eigenvalue weighted by Gasteiger charge is 2.29. The van der Waals surface area contributed by atoms with Crippen LogP contribution in [0.25, 0.3) is 0 Å². The first-order valence-corrected chi connectivity index (χ1v) is 9.01. The number of halogens is 2. The minimum atomic E-state index is -1.14. The minimum Gasteiger partial charge on any atom is -0.384 e. The minimum absolute atomic E-state index is 0.00157. The summed E-state index contributed by atoms with van der Waals surface area (Å²) in [4.78, 5) is 37.7. The van der Waals surface area contributed by atoms with Crippen molar-refractivity contribution in [3.8, 4) is 24.2 Å². The van der Waals surface area contributed by atoms with E-state index in [4.69, 9.17) is 11.5 Å². The fraction of sp³-hybridized carbons (Fsp3) is 0.227. The van der Waals surface area contributed by atoms with Crippen LogP contribution in [-0.2, 0) is 11.3 Å². The van der Waals surface area contributed by atoms with Gasteiger partial charge in [0.1, 0.15) is 12.3 Å². The third-order valence-corrected chi connectivity index (χ3v) is 4.38. The average Bonchev–Trinajstić information content (AvgIpc) is 2.97. The largest absolute Gasteiger partial charge is 0.384 e. The Bertz CT molecular complexity index is 1150. The van der Waals surface area contributed by atoms with Crippen LogP contribution in [0, 0.1) is 49.7 Å². The van der Waals surface area contributed by atoms with Gasteiger partial charge in [-0.1, -0.05) is 17.8 Å². The van der Waals surface area contributed by atoms with E-state index in [1.54, 1.807) is 0 Å². The molecule has 1 heterocycles. The number of aliphatic hydroxyl groups is 1. The lowest BCUT2D eigenvalue weighted by Gasteiger charge is -2.10. The Morgan fingerprint density at radius 2 is 1.87 bits per heavy atom. The Morgan fingerprint density at radius 3 is 2.48 bits per heavy atom. The van der Waals surface area contributed by atoms with Crippen molar-refractivity contribution in [3.05, 3.63) is 52.3 Å². The van der Waals surface area contributed by atoms with Crippen molar-refractivity contribution >= 4 is 23.3 Å². The summed E-state index contributed by atoms with van der Waals surface area (Å²) < 4.78 is 28.0. The maximum absolute atomic E-state index is 13.5. The first-order chi connectivity index (χ1) is 14.7. The molecule has 0 saturated carbocycles. The van der Waals surface area contributed by atoms with E-state index in [1.165, 1.54) is 24.5 Å². The van der Waals surface area contributed by atoms with Gasteiger partial charge in [-0.2, -0.15) is 0 Å². The van der Waals surface area contributed by atoms with Crippen molar-refractivity contribution in [3.63, 3.8) is 0 Å². The summed E-state index contributed by atoms with van der Waals surface area (Å²) in [6.07, 6.45) is 5.38. The number of hydrogen-bond acceptors (Lipinski definition) is 4. The molecular formula is C22H19F2N3O4.